The van der Waals surface area contributed by atoms with Crippen molar-refractivity contribution in [2.75, 3.05) is 6.54 Å². The molecule has 0 radical (unpaired) electrons. The standard InChI is InChI=1S/C12H15ClN2O2S3/c1-8-6-12(19-10(8)7-14)20(16,17)15-5-4-9-2-3-11(13)18-9/h2-3,6,15H,4-5,7,14H2,1H3. The van der Waals surface area contributed by atoms with Crippen molar-refractivity contribution in [3.8, 4) is 0 Å². The van der Waals surface area contributed by atoms with E-state index in [2.05, 4.69) is 4.72 Å². The Labute approximate surface area is 131 Å². The van der Waals surface area contributed by atoms with Crippen molar-refractivity contribution in [2.24, 2.45) is 5.73 Å². The first-order valence-corrected chi connectivity index (χ1v) is 9.45. The van der Waals surface area contributed by atoms with Crippen molar-refractivity contribution in [3.63, 3.8) is 0 Å². The number of hydrogen-bond acceptors (Lipinski definition) is 5. The van der Waals surface area contributed by atoms with E-state index in [9.17, 15) is 8.42 Å². The van der Waals surface area contributed by atoms with Gasteiger partial charge in [0.05, 0.1) is 4.34 Å². The lowest BCUT2D eigenvalue weighted by Crippen LogP contribution is -2.25. The smallest absolute Gasteiger partial charge is 0.250 e. The molecule has 0 aliphatic rings. The normalized spacial score (nSPS) is 11.9. The monoisotopic (exact) mass is 350 g/mol. The Bertz CT molecular complexity index is 691. The predicted molar refractivity (Wildman–Crippen MR) is 85.2 cm³/mol. The molecule has 0 saturated carbocycles. The summed E-state index contributed by atoms with van der Waals surface area (Å²) in [5.41, 5.74) is 6.49. The highest BCUT2D eigenvalue weighted by Crippen LogP contribution is 2.25. The molecule has 20 heavy (non-hydrogen) atoms. The lowest BCUT2D eigenvalue weighted by Gasteiger charge is -2.03. The highest BCUT2D eigenvalue weighted by atomic mass is 35.5. The maximum Gasteiger partial charge on any atom is 0.250 e. The van der Waals surface area contributed by atoms with Gasteiger partial charge in [-0.2, -0.15) is 0 Å². The zero-order valence-corrected chi connectivity index (χ0v) is 14.1. The maximum absolute atomic E-state index is 12.1. The minimum atomic E-state index is -3.45. The van der Waals surface area contributed by atoms with Crippen molar-refractivity contribution < 1.29 is 8.42 Å². The molecular formula is C12H15ClN2O2S3. The molecule has 0 bridgehead atoms. The van der Waals surface area contributed by atoms with E-state index in [-0.39, 0.29) is 0 Å². The maximum atomic E-state index is 12.1. The van der Waals surface area contributed by atoms with E-state index in [1.165, 1.54) is 22.7 Å². The van der Waals surface area contributed by atoms with Gasteiger partial charge in [-0.1, -0.05) is 11.6 Å². The lowest BCUT2D eigenvalue weighted by atomic mass is 10.3. The zero-order valence-electron chi connectivity index (χ0n) is 10.8. The van der Waals surface area contributed by atoms with Crippen LogP contribution in [0, 0.1) is 6.92 Å². The van der Waals surface area contributed by atoms with E-state index in [0.29, 0.717) is 28.1 Å². The first-order valence-electron chi connectivity index (χ1n) is 5.95. The van der Waals surface area contributed by atoms with Gasteiger partial charge in [-0.15, -0.1) is 22.7 Å². The third-order valence-electron chi connectivity index (χ3n) is 2.74. The molecule has 2 rings (SSSR count). The molecule has 0 amide bonds. The first kappa shape index (κ1) is 15.9. The number of nitrogens with two attached hydrogens (primary N) is 1. The van der Waals surface area contributed by atoms with Crippen LogP contribution in [0.25, 0.3) is 0 Å². The minimum Gasteiger partial charge on any atom is -0.326 e. The van der Waals surface area contributed by atoms with E-state index in [1.807, 2.05) is 19.1 Å². The molecule has 3 N–H and O–H groups in total. The minimum absolute atomic E-state index is 0.319. The highest BCUT2D eigenvalue weighted by Gasteiger charge is 2.18. The Hall–Kier alpha value is -0.440. The van der Waals surface area contributed by atoms with Gasteiger partial charge in [0.15, 0.2) is 0 Å². The van der Waals surface area contributed by atoms with Crippen LogP contribution in [0.4, 0.5) is 0 Å². The van der Waals surface area contributed by atoms with Crippen LogP contribution >= 0.6 is 34.3 Å². The van der Waals surface area contributed by atoms with Gasteiger partial charge in [-0.05, 0) is 37.1 Å². The molecule has 0 saturated heterocycles. The number of aryl methyl sites for hydroxylation is 1. The van der Waals surface area contributed by atoms with Crippen molar-refractivity contribution >= 4 is 44.3 Å². The van der Waals surface area contributed by atoms with Crippen LogP contribution in [0.5, 0.6) is 0 Å². The molecule has 0 atom stereocenters. The van der Waals surface area contributed by atoms with Crippen LogP contribution in [-0.4, -0.2) is 15.0 Å². The van der Waals surface area contributed by atoms with Crippen molar-refractivity contribution in [2.45, 2.75) is 24.1 Å². The summed E-state index contributed by atoms with van der Waals surface area (Å²) in [6, 6.07) is 5.38. The molecule has 0 aliphatic heterocycles. The van der Waals surface area contributed by atoms with Crippen LogP contribution in [0.3, 0.4) is 0 Å². The van der Waals surface area contributed by atoms with E-state index >= 15 is 0 Å². The molecule has 0 aliphatic carbocycles. The van der Waals surface area contributed by atoms with Gasteiger partial charge in [-0.25, -0.2) is 13.1 Å². The fourth-order valence-electron chi connectivity index (χ4n) is 1.69. The van der Waals surface area contributed by atoms with E-state index in [0.717, 1.165) is 15.3 Å². The molecule has 2 heterocycles. The summed E-state index contributed by atoms with van der Waals surface area (Å²) in [6.45, 7) is 2.58. The molecule has 0 fully saturated rings. The van der Waals surface area contributed by atoms with Gasteiger partial charge in [0.1, 0.15) is 4.21 Å². The molecule has 0 unspecified atom stereocenters. The van der Waals surface area contributed by atoms with Gasteiger partial charge < -0.3 is 5.73 Å². The highest BCUT2D eigenvalue weighted by molar-refractivity contribution is 7.91. The van der Waals surface area contributed by atoms with Gasteiger partial charge in [0, 0.05) is 22.8 Å². The summed E-state index contributed by atoms with van der Waals surface area (Å²) in [5.74, 6) is 0. The fourth-order valence-corrected chi connectivity index (χ4v) is 5.32. The lowest BCUT2D eigenvalue weighted by molar-refractivity contribution is 0.584. The summed E-state index contributed by atoms with van der Waals surface area (Å²) < 4.78 is 27.9. The summed E-state index contributed by atoms with van der Waals surface area (Å²) in [5, 5.41) is 0. The SMILES string of the molecule is Cc1cc(S(=O)(=O)NCCc2ccc(Cl)s2)sc1CN. The molecule has 8 heteroatoms. The van der Waals surface area contributed by atoms with Crippen LogP contribution in [0.1, 0.15) is 15.3 Å². The van der Waals surface area contributed by atoms with Crippen LogP contribution in [0.2, 0.25) is 4.34 Å². The van der Waals surface area contributed by atoms with E-state index in [1.54, 1.807) is 6.07 Å². The zero-order chi connectivity index (χ0) is 14.8. The summed E-state index contributed by atoms with van der Waals surface area (Å²) in [7, 11) is -3.45. The van der Waals surface area contributed by atoms with Gasteiger partial charge in [0.25, 0.3) is 0 Å². The average Bonchev–Trinajstić information content (AvgIpc) is 2.95. The average molecular weight is 351 g/mol. The number of sulfonamides is 1. The number of thiophene rings is 2. The second-order valence-electron chi connectivity index (χ2n) is 4.23. The number of rotatable bonds is 6. The summed E-state index contributed by atoms with van der Waals surface area (Å²) in [6.07, 6.45) is 0.630. The molecule has 0 spiro atoms. The molecule has 2 aromatic heterocycles. The second kappa shape index (κ2) is 6.55. The quantitative estimate of drug-likeness (QED) is 0.841. The third-order valence-corrected chi connectivity index (χ3v) is 7.23. The largest absolute Gasteiger partial charge is 0.326 e. The van der Waals surface area contributed by atoms with E-state index in [4.69, 9.17) is 17.3 Å². The Kier molecular flexibility index (Phi) is 5.22. The van der Waals surface area contributed by atoms with Crippen LogP contribution < -0.4 is 10.5 Å². The number of nitrogens with one attached hydrogen (secondary N) is 1. The molecular weight excluding hydrogens is 336 g/mol. The number of halogens is 1. The van der Waals surface area contributed by atoms with Crippen molar-refractivity contribution in [1.29, 1.82) is 0 Å². The Morgan fingerprint density at radius 2 is 2.10 bits per heavy atom. The Morgan fingerprint density at radius 3 is 2.65 bits per heavy atom. The predicted octanol–water partition coefficient (Wildman–Crippen LogP) is 2.75. The van der Waals surface area contributed by atoms with Gasteiger partial charge in [-0.3, -0.25) is 0 Å². The molecule has 110 valence electrons. The second-order valence-corrected chi connectivity index (χ2v) is 9.16. The third kappa shape index (κ3) is 3.81. The topological polar surface area (TPSA) is 72.2 Å². The Balaban J connectivity index is 2.00. The van der Waals surface area contributed by atoms with Gasteiger partial charge in [0.2, 0.25) is 10.0 Å². The fraction of sp³-hybridized carbons (Fsp3) is 0.333. The first-order chi connectivity index (χ1) is 9.42. The van der Waals surface area contributed by atoms with Crippen molar-refractivity contribution in [1.82, 2.24) is 4.72 Å². The molecule has 0 aromatic carbocycles. The van der Waals surface area contributed by atoms with Gasteiger partial charge >= 0.3 is 0 Å². The van der Waals surface area contributed by atoms with Crippen LogP contribution in [-0.2, 0) is 23.0 Å². The van der Waals surface area contributed by atoms with Crippen LogP contribution in [0.15, 0.2) is 22.4 Å². The number of hydrogen-bond donors (Lipinski definition) is 2. The summed E-state index contributed by atoms with van der Waals surface area (Å²) >= 11 is 8.51. The van der Waals surface area contributed by atoms with Crippen molar-refractivity contribution in [3.05, 3.63) is 37.9 Å². The molecule has 2 aromatic rings. The Morgan fingerprint density at radius 1 is 1.35 bits per heavy atom. The molecule has 4 nitrogen and oxygen atoms in total. The van der Waals surface area contributed by atoms with E-state index < -0.39 is 10.0 Å². The summed E-state index contributed by atoms with van der Waals surface area (Å²) in [4.78, 5) is 1.96.